The Morgan fingerprint density at radius 1 is 0.625 bits per heavy atom. The van der Waals surface area contributed by atoms with Crippen LogP contribution in [-0.2, 0) is 9.59 Å². The average Bonchev–Trinajstić information content (AvgIpc) is 3.36. The van der Waals surface area contributed by atoms with E-state index in [1.165, 1.54) is 0 Å². The van der Waals surface area contributed by atoms with Crippen molar-refractivity contribution in [1.82, 2.24) is 0 Å². The van der Waals surface area contributed by atoms with Crippen LogP contribution in [0, 0.1) is 35.5 Å². The molecular weight excluding hydrogens is 494 g/mol. The van der Waals surface area contributed by atoms with Crippen molar-refractivity contribution in [2.24, 2.45) is 35.5 Å². The Balaban J connectivity index is 0.000000181. The van der Waals surface area contributed by atoms with E-state index >= 15 is 0 Å². The summed E-state index contributed by atoms with van der Waals surface area (Å²) in [4.78, 5) is 23.2. The fourth-order valence-corrected chi connectivity index (χ4v) is 8.40. The van der Waals surface area contributed by atoms with Gasteiger partial charge < -0.3 is 10.2 Å². The first-order chi connectivity index (χ1) is 15.2. The van der Waals surface area contributed by atoms with Gasteiger partial charge in [-0.1, -0.05) is 84.9 Å². The van der Waals surface area contributed by atoms with E-state index in [0.717, 1.165) is 77.0 Å². The molecule has 0 saturated heterocycles. The molecule has 4 aliphatic rings. The third-order valence-corrected chi connectivity index (χ3v) is 9.97. The molecule has 4 fully saturated rings. The zero-order valence-electron chi connectivity index (χ0n) is 18.6. The Hall–Kier alpha value is 0.420. The highest BCUT2D eigenvalue weighted by atomic mass is 35.5. The predicted molar refractivity (Wildman–Crippen MR) is 129 cm³/mol. The number of carbonyl (C=O) groups excluding carboxylic acids is 2. The highest BCUT2D eigenvalue weighted by Crippen LogP contribution is 2.61. The maximum absolute atomic E-state index is 11.6. The smallest absolute Gasteiger partial charge is 0.179 e. The van der Waals surface area contributed by atoms with Crippen molar-refractivity contribution in [3.8, 4) is 0 Å². The molecule has 0 bridgehead atoms. The number of aliphatic hydroxyl groups excluding tert-OH is 2. The second-order valence-electron chi connectivity index (χ2n) is 10.1. The van der Waals surface area contributed by atoms with E-state index in [4.69, 9.17) is 56.6 Å². The largest absolute Gasteiger partial charge is 0.396 e. The summed E-state index contributed by atoms with van der Waals surface area (Å²) in [5.41, 5.74) is 0. The van der Waals surface area contributed by atoms with Gasteiger partial charge in [0.15, 0.2) is 20.2 Å². The minimum Gasteiger partial charge on any atom is -0.396 e. The Labute approximate surface area is 211 Å². The molecule has 8 heteroatoms. The van der Waals surface area contributed by atoms with Crippen LogP contribution < -0.4 is 0 Å². The molecule has 6 unspecified atom stereocenters. The first kappa shape index (κ1) is 27.0. The molecule has 4 saturated carbocycles. The molecule has 0 aromatic carbocycles. The summed E-state index contributed by atoms with van der Waals surface area (Å²) in [5.74, 6) is 1.76. The van der Waals surface area contributed by atoms with E-state index in [9.17, 15) is 9.59 Å². The lowest BCUT2D eigenvalue weighted by molar-refractivity contribution is -0.135. The maximum Gasteiger partial charge on any atom is 0.179 e. The van der Waals surface area contributed by atoms with Crippen molar-refractivity contribution in [3.05, 3.63) is 0 Å². The molecule has 4 aliphatic carbocycles. The number of halogens is 4. The van der Waals surface area contributed by atoms with E-state index in [1.54, 1.807) is 0 Å². The van der Waals surface area contributed by atoms with Gasteiger partial charge in [-0.05, 0) is 50.4 Å². The quantitative estimate of drug-likeness (QED) is 0.274. The van der Waals surface area contributed by atoms with Crippen LogP contribution in [0.2, 0.25) is 0 Å². The monoisotopic (exact) mass is 528 g/mol. The first-order valence-corrected chi connectivity index (χ1v) is 13.7. The number of fused-ring (bicyclic) bond motifs is 2. The second kappa shape index (κ2) is 11.4. The molecule has 0 amide bonds. The summed E-state index contributed by atoms with van der Waals surface area (Å²) in [6.07, 6.45) is 12.3. The highest BCUT2D eigenvalue weighted by molar-refractivity contribution is 6.61. The van der Waals surface area contributed by atoms with Gasteiger partial charge in [-0.25, -0.2) is 0 Å². The van der Waals surface area contributed by atoms with Crippen LogP contribution in [0.25, 0.3) is 0 Å². The van der Waals surface area contributed by atoms with E-state index in [-0.39, 0.29) is 48.5 Å². The molecule has 6 atom stereocenters. The van der Waals surface area contributed by atoms with Crippen molar-refractivity contribution < 1.29 is 19.8 Å². The normalized spacial score (nSPS) is 35.9. The van der Waals surface area contributed by atoms with E-state index < -0.39 is 8.67 Å². The summed E-state index contributed by atoms with van der Waals surface area (Å²) in [6, 6.07) is 0. The first-order valence-electron chi connectivity index (χ1n) is 12.2. The zero-order valence-corrected chi connectivity index (χ0v) is 21.6. The SMILES string of the molecule is O=C1C2CCC(CCCCCO)C2C1(Cl)Cl.O=C1C2CCC(CCCCCO)C2C1(Cl)Cl. The minimum atomic E-state index is -1.09. The molecule has 0 aromatic heterocycles. The number of carbonyl (C=O) groups is 2. The number of hydrogen-bond acceptors (Lipinski definition) is 4. The molecular formula is C24H36Cl4O4. The molecule has 2 N–H and O–H groups in total. The van der Waals surface area contributed by atoms with Crippen molar-refractivity contribution >= 4 is 58.0 Å². The molecule has 184 valence electrons. The number of aliphatic hydroxyl groups is 2. The van der Waals surface area contributed by atoms with Gasteiger partial charge in [0.1, 0.15) is 0 Å². The third-order valence-electron chi connectivity index (χ3n) is 8.21. The summed E-state index contributed by atoms with van der Waals surface area (Å²) >= 11 is 24.3. The molecule has 0 heterocycles. The Bertz CT molecular complexity index is 612. The lowest BCUT2D eigenvalue weighted by Crippen LogP contribution is -2.55. The summed E-state index contributed by atoms with van der Waals surface area (Å²) in [6.45, 7) is 0.536. The van der Waals surface area contributed by atoms with E-state index in [1.807, 2.05) is 0 Å². The number of hydrogen-bond donors (Lipinski definition) is 2. The number of ketones is 2. The maximum atomic E-state index is 11.6. The Morgan fingerprint density at radius 2 is 1.00 bits per heavy atom. The topological polar surface area (TPSA) is 74.6 Å². The van der Waals surface area contributed by atoms with Gasteiger partial charge in [-0.2, -0.15) is 0 Å². The van der Waals surface area contributed by atoms with Gasteiger partial charge >= 0.3 is 0 Å². The van der Waals surface area contributed by atoms with Crippen LogP contribution >= 0.6 is 46.4 Å². The van der Waals surface area contributed by atoms with Gasteiger partial charge in [0.25, 0.3) is 0 Å². The van der Waals surface area contributed by atoms with Gasteiger partial charge in [-0.15, -0.1) is 0 Å². The third kappa shape index (κ3) is 5.31. The van der Waals surface area contributed by atoms with Gasteiger partial charge in [0, 0.05) is 36.9 Å². The summed E-state index contributed by atoms with van der Waals surface area (Å²) in [7, 11) is 0. The molecule has 4 rings (SSSR count). The van der Waals surface area contributed by atoms with Crippen molar-refractivity contribution in [2.75, 3.05) is 13.2 Å². The van der Waals surface area contributed by atoms with Crippen LogP contribution in [-0.4, -0.2) is 43.7 Å². The fraction of sp³-hybridized carbons (Fsp3) is 0.917. The second-order valence-corrected chi connectivity index (χ2v) is 12.8. The number of unbranched alkanes of at least 4 members (excludes halogenated alkanes) is 4. The van der Waals surface area contributed by atoms with Crippen molar-refractivity contribution in [3.63, 3.8) is 0 Å². The zero-order chi connectivity index (χ0) is 23.5. The highest BCUT2D eigenvalue weighted by Gasteiger charge is 2.65. The molecule has 0 spiro atoms. The molecule has 0 aromatic rings. The van der Waals surface area contributed by atoms with Crippen LogP contribution in [0.4, 0.5) is 0 Å². The average molecular weight is 530 g/mol. The number of rotatable bonds is 10. The van der Waals surface area contributed by atoms with Crippen LogP contribution in [0.5, 0.6) is 0 Å². The molecule has 32 heavy (non-hydrogen) atoms. The van der Waals surface area contributed by atoms with E-state index in [0.29, 0.717) is 11.8 Å². The molecule has 4 nitrogen and oxygen atoms in total. The van der Waals surface area contributed by atoms with Crippen molar-refractivity contribution in [1.29, 1.82) is 0 Å². The van der Waals surface area contributed by atoms with Crippen LogP contribution in [0.1, 0.15) is 77.0 Å². The van der Waals surface area contributed by atoms with E-state index in [2.05, 4.69) is 0 Å². The standard InChI is InChI=1S/2C12H18Cl2O2/c2*13-12(14)10-8(4-2-1-3-7-15)5-6-9(10)11(12)16/h2*8-10,15H,1-7H2. The lowest BCUT2D eigenvalue weighted by atomic mass is 9.69. The van der Waals surface area contributed by atoms with Gasteiger partial charge in [0.05, 0.1) is 0 Å². The van der Waals surface area contributed by atoms with Gasteiger partial charge in [0.2, 0.25) is 0 Å². The fourth-order valence-electron chi connectivity index (χ4n) is 6.52. The minimum absolute atomic E-state index is 0.0405. The molecule has 0 aliphatic heterocycles. The molecule has 0 radical (unpaired) electrons. The lowest BCUT2D eigenvalue weighted by Gasteiger charge is -2.44. The predicted octanol–water partition coefficient (Wildman–Crippen LogP) is 5.88. The van der Waals surface area contributed by atoms with Gasteiger partial charge in [-0.3, -0.25) is 9.59 Å². The van der Waals surface area contributed by atoms with Crippen molar-refractivity contribution in [2.45, 2.75) is 85.7 Å². The Morgan fingerprint density at radius 3 is 1.34 bits per heavy atom. The Kier molecular flexibility index (Phi) is 9.66. The number of Topliss-reactive ketones (excluding diaryl/α,β-unsaturated/α-hetero) is 2. The van der Waals surface area contributed by atoms with Crippen LogP contribution in [0.3, 0.4) is 0 Å². The summed E-state index contributed by atoms with van der Waals surface area (Å²) in [5, 5.41) is 17.4. The summed E-state index contributed by atoms with van der Waals surface area (Å²) < 4.78 is -2.19. The van der Waals surface area contributed by atoms with Crippen LogP contribution in [0.15, 0.2) is 0 Å². The number of alkyl halides is 4.